The first-order chi connectivity index (χ1) is 8.22. The van der Waals surface area contributed by atoms with Crippen LogP contribution in [0.2, 0.25) is 0 Å². The van der Waals surface area contributed by atoms with Crippen LogP contribution >= 0.6 is 0 Å². The zero-order valence-electron chi connectivity index (χ0n) is 11.7. The van der Waals surface area contributed by atoms with Crippen molar-refractivity contribution < 1.29 is 4.79 Å². The minimum Gasteiger partial charge on any atom is -0.314 e. The van der Waals surface area contributed by atoms with E-state index in [4.69, 9.17) is 0 Å². The van der Waals surface area contributed by atoms with Crippen molar-refractivity contribution >= 4 is 5.78 Å². The zero-order chi connectivity index (χ0) is 12.6. The molecule has 1 saturated carbocycles. The minimum atomic E-state index is 0.139. The third-order valence-electron chi connectivity index (χ3n) is 4.19. The lowest BCUT2D eigenvalue weighted by Gasteiger charge is -2.36. The van der Waals surface area contributed by atoms with Crippen molar-refractivity contribution in [2.24, 2.45) is 0 Å². The molecule has 0 radical (unpaired) electrons. The number of carbonyl (C=O) groups excluding carboxylic acids is 1. The second-order valence-corrected chi connectivity index (χ2v) is 5.62. The molecule has 0 bridgehead atoms. The Hall–Kier alpha value is -0.370. The Kier molecular flexibility index (Phi) is 6.79. The monoisotopic (exact) mass is 239 g/mol. The summed E-state index contributed by atoms with van der Waals surface area (Å²) < 4.78 is 0. The van der Waals surface area contributed by atoms with Crippen molar-refractivity contribution in [3.8, 4) is 0 Å². The second-order valence-electron chi connectivity index (χ2n) is 5.62. The van der Waals surface area contributed by atoms with E-state index < -0.39 is 0 Å². The van der Waals surface area contributed by atoms with Crippen molar-refractivity contribution in [2.75, 3.05) is 7.05 Å². The molecule has 1 rings (SSSR count). The van der Waals surface area contributed by atoms with Crippen LogP contribution in [0.4, 0.5) is 0 Å². The second kappa shape index (κ2) is 7.86. The predicted molar refractivity (Wildman–Crippen MR) is 73.3 cm³/mol. The summed E-state index contributed by atoms with van der Waals surface area (Å²) >= 11 is 0. The summed E-state index contributed by atoms with van der Waals surface area (Å²) in [6, 6.07) is 0. The zero-order valence-corrected chi connectivity index (χ0v) is 11.7. The van der Waals surface area contributed by atoms with Crippen LogP contribution in [0.1, 0.15) is 77.6 Å². The van der Waals surface area contributed by atoms with Crippen LogP contribution in [0.5, 0.6) is 0 Å². The largest absolute Gasteiger partial charge is 0.314 e. The van der Waals surface area contributed by atoms with Gasteiger partial charge in [0.1, 0.15) is 5.78 Å². The average Bonchev–Trinajstić information content (AvgIpc) is 2.36. The molecule has 0 aromatic carbocycles. The fourth-order valence-electron chi connectivity index (χ4n) is 2.96. The van der Waals surface area contributed by atoms with Crippen molar-refractivity contribution in [1.82, 2.24) is 5.32 Å². The first kappa shape index (κ1) is 14.7. The van der Waals surface area contributed by atoms with Gasteiger partial charge >= 0.3 is 0 Å². The average molecular weight is 239 g/mol. The van der Waals surface area contributed by atoms with E-state index in [0.29, 0.717) is 5.78 Å². The van der Waals surface area contributed by atoms with E-state index in [1.165, 1.54) is 51.4 Å². The standard InChI is InChI=1S/C15H29NO/c1-3-4-5-7-10-14(17)13-15(16-2)11-8-6-9-12-15/h16H,3-13H2,1-2H3. The molecule has 2 heteroatoms. The van der Waals surface area contributed by atoms with E-state index in [2.05, 4.69) is 12.2 Å². The van der Waals surface area contributed by atoms with Crippen molar-refractivity contribution in [3.05, 3.63) is 0 Å². The van der Waals surface area contributed by atoms with E-state index in [1.54, 1.807) is 0 Å². The van der Waals surface area contributed by atoms with Gasteiger partial charge in [0, 0.05) is 18.4 Å². The van der Waals surface area contributed by atoms with Crippen LogP contribution < -0.4 is 5.32 Å². The Balaban J connectivity index is 2.27. The number of unbranched alkanes of at least 4 members (excludes halogenated alkanes) is 3. The van der Waals surface area contributed by atoms with E-state index in [0.717, 1.165) is 19.3 Å². The van der Waals surface area contributed by atoms with Gasteiger partial charge in [0.25, 0.3) is 0 Å². The number of ketones is 1. The smallest absolute Gasteiger partial charge is 0.134 e. The molecule has 17 heavy (non-hydrogen) atoms. The quantitative estimate of drug-likeness (QED) is 0.652. The van der Waals surface area contributed by atoms with Crippen LogP contribution in [0.15, 0.2) is 0 Å². The topological polar surface area (TPSA) is 29.1 Å². The van der Waals surface area contributed by atoms with Crippen molar-refractivity contribution in [3.63, 3.8) is 0 Å². The number of nitrogens with one attached hydrogen (secondary N) is 1. The molecule has 0 aromatic heterocycles. The Morgan fingerprint density at radius 1 is 1.12 bits per heavy atom. The molecule has 1 fully saturated rings. The molecule has 100 valence electrons. The highest BCUT2D eigenvalue weighted by Gasteiger charge is 2.31. The fourth-order valence-corrected chi connectivity index (χ4v) is 2.96. The van der Waals surface area contributed by atoms with E-state index in [1.807, 2.05) is 7.05 Å². The first-order valence-electron chi connectivity index (χ1n) is 7.43. The Morgan fingerprint density at radius 2 is 1.82 bits per heavy atom. The summed E-state index contributed by atoms with van der Waals surface area (Å²) in [6.07, 6.45) is 12.6. The Morgan fingerprint density at radius 3 is 2.41 bits per heavy atom. The van der Waals surface area contributed by atoms with E-state index in [-0.39, 0.29) is 5.54 Å². The SMILES string of the molecule is CCCCCCC(=O)CC1(NC)CCCCC1. The fraction of sp³-hybridized carbons (Fsp3) is 0.933. The first-order valence-corrected chi connectivity index (χ1v) is 7.43. The predicted octanol–water partition coefficient (Wildman–Crippen LogP) is 3.84. The van der Waals surface area contributed by atoms with Crippen molar-refractivity contribution in [2.45, 2.75) is 83.1 Å². The van der Waals surface area contributed by atoms with E-state index in [9.17, 15) is 4.79 Å². The van der Waals surface area contributed by atoms with Crippen LogP contribution in [0.25, 0.3) is 0 Å². The molecule has 0 heterocycles. The summed E-state index contributed by atoms with van der Waals surface area (Å²) in [4.78, 5) is 12.0. The molecule has 0 atom stereocenters. The molecule has 0 aromatic rings. The lowest BCUT2D eigenvalue weighted by atomic mass is 9.78. The maximum atomic E-state index is 12.0. The van der Waals surface area contributed by atoms with Gasteiger partial charge < -0.3 is 5.32 Å². The molecule has 1 aliphatic carbocycles. The highest BCUT2D eigenvalue weighted by molar-refractivity contribution is 5.79. The molecule has 0 aliphatic heterocycles. The number of hydrogen-bond donors (Lipinski definition) is 1. The maximum Gasteiger partial charge on any atom is 0.134 e. The minimum absolute atomic E-state index is 0.139. The normalized spacial score (nSPS) is 19.2. The van der Waals surface area contributed by atoms with Crippen molar-refractivity contribution in [1.29, 1.82) is 0 Å². The summed E-state index contributed by atoms with van der Waals surface area (Å²) in [7, 11) is 2.02. The highest BCUT2D eigenvalue weighted by Crippen LogP contribution is 2.31. The third-order valence-corrected chi connectivity index (χ3v) is 4.19. The number of rotatable bonds is 8. The van der Waals surface area contributed by atoms with Crippen LogP contribution in [-0.4, -0.2) is 18.4 Å². The Labute approximate surface area is 107 Å². The maximum absolute atomic E-state index is 12.0. The van der Waals surface area contributed by atoms with Gasteiger partial charge in [-0.05, 0) is 26.3 Å². The Bertz CT molecular complexity index is 219. The lowest BCUT2D eigenvalue weighted by molar-refractivity contribution is -0.121. The molecule has 0 spiro atoms. The van der Waals surface area contributed by atoms with Gasteiger partial charge in [0.2, 0.25) is 0 Å². The highest BCUT2D eigenvalue weighted by atomic mass is 16.1. The molecule has 1 aliphatic rings. The summed E-state index contributed by atoms with van der Waals surface area (Å²) in [5.41, 5.74) is 0.139. The molecular weight excluding hydrogens is 210 g/mol. The molecule has 0 amide bonds. The van der Waals surface area contributed by atoms with Gasteiger partial charge in [-0.1, -0.05) is 45.4 Å². The molecular formula is C15H29NO. The van der Waals surface area contributed by atoms with Crippen LogP contribution in [-0.2, 0) is 4.79 Å². The van der Waals surface area contributed by atoms with Crippen LogP contribution in [0.3, 0.4) is 0 Å². The molecule has 0 unspecified atom stereocenters. The molecule has 2 nitrogen and oxygen atoms in total. The van der Waals surface area contributed by atoms with Gasteiger partial charge in [0.15, 0.2) is 0 Å². The van der Waals surface area contributed by atoms with Gasteiger partial charge in [-0.25, -0.2) is 0 Å². The summed E-state index contributed by atoms with van der Waals surface area (Å²) in [5.74, 6) is 0.470. The molecule has 0 saturated heterocycles. The summed E-state index contributed by atoms with van der Waals surface area (Å²) in [6.45, 7) is 2.21. The third kappa shape index (κ3) is 5.20. The molecule has 1 N–H and O–H groups in total. The van der Waals surface area contributed by atoms with Gasteiger partial charge in [-0.2, -0.15) is 0 Å². The van der Waals surface area contributed by atoms with Gasteiger partial charge in [-0.3, -0.25) is 4.79 Å². The van der Waals surface area contributed by atoms with Crippen LogP contribution in [0, 0.1) is 0 Å². The number of carbonyl (C=O) groups is 1. The summed E-state index contributed by atoms with van der Waals surface area (Å²) in [5, 5.41) is 3.43. The van der Waals surface area contributed by atoms with Gasteiger partial charge in [0.05, 0.1) is 0 Å². The van der Waals surface area contributed by atoms with E-state index >= 15 is 0 Å². The number of Topliss-reactive ketones (excluding diaryl/α,β-unsaturated/α-hetero) is 1. The van der Waals surface area contributed by atoms with Gasteiger partial charge in [-0.15, -0.1) is 0 Å². The number of hydrogen-bond acceptors (Lipinski definition) is 2. The lowest BCUT2D eigenvalue weighted by Crippen LogP contribution is -2.46.